The van der Waals surface area contributed by atoms with Crippen LogP contribution in [0.1, 0.15) is 122 Å². The highest BCUT2D eigenvalue weighted by molar-refractivity contribution is 5.87. The number of nitrogens with zero attached hydrogens (tertiary/aromatic N) is 2. The molecule has 2 rings (SSSR count). The molecule has 1 aromatic heterocycles. The van der Waals surface area contributed by atoms with Crippen molar-refractivity contribution < 1.29 is 9.53 Å². The zero-order valence-electron chi connectivity index (χ0n) is 23.0. The maximum Gasteiger partial charge on any atom is 0.331 e. The minimum absolute atomic E-state index is 0.0400. The standard InChI is InChI=1S/C32H48N2O2/c1-4-6-8-10-11-12-13-14-16-18-29-25-33-32(34-26-29)30-22-19-28(20-23-30)21-24-31(35)36-27(3)17-15-9-7-5-2/h19-27H,4-18H2,1-3H3/t27-/m1/s1. The van der Waals surface area contributed by atoms with Crippen LogP contribution < -0.4 is 0 Å². The molecule has 4 nitrogen and oxygen atoms in total. The number of rotatable bonds is 19. The summed E-state index contributed by atoms with van der Waals surface area (Å²) in [5.74, 6) is 0.450. The molecule has 0 aliphatic rings. The fourth-order valence-corrected chi connectivity index (χ4v) is 4.34. The van der Waals surface area contributed by atoms with Gasteiger partial charge in [0.15, 0.2) is 5.82 Å². The lowest BCUT2D eigenvalue weighted by Gasteiger charge is -2.11. The SMILES string of the molecule is CCCCCCCCCCCc1cnc(-c2ccc(C=CC(=O)O[C@H](C)CCCCCC)cc2)nc1. The van der Waals surface area contributed by atoms with Crippen molar-refractivity contribution in [1.29, 1.82) is 0 Å². The molecular weight excluding hydrogens is 444 g/mol. The summed E-state index contributed by atoms with van der Waals surface area (Å²) in [6.07, 6.45) is 26.0. The van der Waals surface area contributed by atoms with E-state index in [1.54, 1.807) is 6.08 Å². The molecule has 4 heteroatoms. The Kier molecular flexibility index (Phi) is 15.5. The van der Waals surface area contributed by atoms with E-state index in [1.807, 2.05) is 43.6 Å². The summed E-state index contributed by atoms with van der Waals surface area (Å²) in [7, 11) is 0. The normalized spacial score (nSPS) is 12.2. The lowest BCUT2D eigenvalue weighted by molar-refractivity contribution is -0.142. The van der Waals surface area contributed by atoms with Crippen LogP contribution in [0.15, 0.2) is 42.7 Å². The van der Waals surface area contributed by atoms with Crippen molar-refractivity contribution in [3.63, 3.8) is 0 Å². The maximum absolute atomic E-state index is 12.1. The van der Waals surface area contributed by atoms with Gasteiger partial charge in [-0.2, -0.15) is 0 Å². The molecule has 0 spiro atoms. The van der Waals surface area contributed by atoms with Crippen LogP contribution in [0, 0.1) is 0 Å². The van der Waals surface area contributed by atoms with Gasteiger partial charge in [0.25, 0.3) is 0 Å². The molecule has 0 unspecified atom stereocenters. The van der Waals surface area contributed by atoms with Crippen molar-refractivity contribution in [1.82, 2.24) is 9.97 Å². The van der Waals surface area contributed by atoms with Crippen molar-refractivity contribution in [2.24, 2.45) is 0 Å². The van der Waals surface area contributed by atoms with E-state index in [1.165, 1.54) is 88.7 Å². The Bertz CT molecular complexity index is 859. The second kappa shape index (κ2) is 18.7. The van der Waals surface area contributed by atoms with Crippen LogP contribution in [0.4, 0.5) is 0 Å². The van der Waals surface area contributed by atoms with Gasteiger partial charge in [0.05, 0.1) is 6.10 Å². The summed E-state index contributed by atoms with van der Waals surface area (Å²) in [5.41, 5.74) is 3.14. The third-order valence-electron chi connectivity index (χ3n) is 6.64. The fraction of sp³-hybridized carbons (Fsp3) is 0.594. The molecule has 1 atom stereocenters. The summed E-state index contributed by atoms with van der Waals surface area (Å²) >= 11 is 0. The van der Waals surface area contributed by atoms with Crippen LogP contribution in [-0.4, -0.2) is 22.0 Å². The lowest BCUT2D eigenvalue weighted by atomic mass is 10.1. The Morgan fingerprint density at radius 1 is 0.806 bits per heavy atom. The number of benzene rings is 1. The minimum atomic E-state index is -0.284. The highest BCUT2D eigenvalue weighted by Gasteiger charge is 2.07. The number of aryl methyl sites for hydroxylation is 1. The highest BCUT2D eigenvalue weighted by atomic mass is 16.5. The largest absolute Gasteiger partial charge is 0.460 e. The number of hydrogen-bond acceptors (Lipinski definition) is 4. The number of hydrogen-bond donors (Lipinski definition) is 0. The van der Waals surface area contributed by atoms with Crippen molar-refractivity contribution in [3.8, 4) is 11.4 Å². The number of ether oxygens (including phenoxy) is 1. The summed E-state index contributed by atoms with van der Waals surface area (Å²) in [4.78, 5) is 21.2. The first-order chi connectivity index (χ1) is 17.6. The van der Waals surface area contributed by atoms with Gasteiger partial charge in [-0.3, -0.25) is 0 Å². The Labute approximate surface area is 220 Å². The highest BCUT2D eigenvalue weighted by Crippen LogP contribution is 2.17. The van der Waals surface area contributed by atoms with Gasteiger partial charge in [0, 0.05) is 24.0 Å². The smallest absolute Gasteiger partial charge is 0.331 e. The van der Waals surface area contributed by atoms with Crippen LogP contribution >= 0.6 is 0 Å². The zero-order chi connectivity index (χ0) is 25.8. The van der Waals surface area contributed by atoms with E-state index in [0.717, 1.165) is 36.2 Å². The Balaban J connectivity index is 1.69. The third kappa shape index (κ3) is 13.0. The maximum atomic E-state index is 12.1. The molecule has 0 radical (unpaired) electrons. The van der Waals surface area contributed by atoms with E-state index < -0.39 is 0 Å². The quantitative estimate of drug-likeness (QED) is 0.111. The van der Waals surface area contributed by atoms with Gasteiger partial charge in [0.2, 0.25) is 0 Å². The first-order valence-corrected chi connectivity index (χ1v) is 14.4. The fourth-order valence-electron chi connectivity index (χ4n) is 4.34. The predicted molar refractivity (Wildman–Crippen MR) is 152 cm³/mol. The summed E-state index contributed by atoms with van der Waals surface area (Å²) in [5, 5.41) is 0. The van der Waals surface area contributed by atoms with Crippen molar-refractivity contribution >= 4 is 12.0 Å². The molecule has 0 bridgehead atoms. The molecule has 2 aromatic rings. The molecule has 0 N–H and O–H groups in total. The van der Waals surface area contributed by atoms with Gasteiger partial charge in [-0.1, -0.05) is 109 Å². The zero-order valence-corrected chi connectivity index (χ0v) is 23.0. The second-order valence-electron chi connectivity index (χ2n) is 10.0. The van der Waals surface area contributed by atoms with Gasteiger partial charge >= 0.3 is 5.97 Å². The average Bonchev–Trinajstić information content (AvgIpc) is 2.90. The first-order valence-electron chi connectivity index (χ1n) is 14.4. The van der Waals surface area contributed by atoms with E-state index in [9.17, 15) is 4.79 Å². The van der Waals surface area contributed by atoms with E-state index >= 15 is 0 Å². The molecule has 1 heterocycles. The van der Waals surface area contributed by atoms with Crippen LogP contribution in [0.3, 0.4) is 0 Å². The summed E-state index contributed by atoms with van der Waals surface area (Å²) < 4.78 is 5.48. The van der Waals surface area contributed by atoms with Crippen LogP contribution in [0.25, 0.3) is 17.5 Å². The molecule has 0 amide bonds. The summed E-state index contributed by atoms with van der Waals surface area (Å²) in [6.45, 7) is 6.43. The number of carbonyl (C=O) groups excluding carboxylic acids is 1. The second-order valence-corrected chi connectivity index (χ2v) is 10.0. The molecular formula is C32H48N2O2. The lowest BCUT2D eigenvalue weighted by Crippen LogP contribution is -2.12. The summed E-state index contributed by atoms with van der Waals surface area (Å²) in [6, 6.07) is 7.95. The Morgan fingerprint density at radius 3 is 1.97 bits per heavy atom. The molecule has 1 aromatic carbocycles. The predicted octanol–water partition coefficient (Wildman–Crippen LogP) is 9.13. The number of aromatic nitrogens is 2. The minimum Gasteiger partial charge on any atom is -0.460 e. The molecule has 0 aliphatic carbocycles. The van der Waals surface area contributed by atoms with Crippen molar-refractivity contribution in [2.75, 3.05) is 0 Å². The van der Waals surface area contributed by atoms with Crippen molar-refractivity contribution in [3.05, 3.63) is 53.9 Å². The topological polar surface area (TPSA) is 52.1 Å². The number of esters is 1. The molecule has 36 heavy (non-hydrogen) atoms. The number of unbranched alkanes of at least 4 members (excludes halogenated alkanes) is 11. The van der Waals surface area contributed by atoms with E-state index in [0.29, 0.717) is 0 Å². The van der Waals surface area contributed by atoms with Crippen LogP contribution in [0.2, 0.25) is 0 Å². The Hall–Kier alpha value is -2.49. The van der Waals surface area contributed by atoms with Crippen LogP contribution in [0.5, 0.6) is 0 Å². The van der Waals surface area contributed by atoms with Gasteiger partial charge in [-0.25, -0.2) is 14.8 Å². The molecule has 0 aliphatic heterocycles. The van der Waals surface area contributed by atoms with E-state index in [2.05, 4.69) is 23.8 Å². The Morgan fingerprint density at radius 2 is 1.36 bits per heavy atom. The van der Waals surface area contributed by atoms with E-state index in [4.69, 9.17) is 4.74 Å². The first kappa shape index (κ1) is 29.7. The van der Waals surface area contributed by atoms with Gasteiger partial charge in [0.1, 0.15) is 0 Å². The van der Waals surface area contributed by atoms with Gasteiger partial charge in [-0.15, -0.1) is 0 Å². The van der Waals surface area contributed by atoms with E-state index in [-0.39, 0.29) is 12.1 Å². The average molecular weight is 493 g/mol. The van der Waals surface area contributed by atoms with Crippen molar-refractivity contribution in [2.45, 2.75) is 123 Å². The van der Waals surface area contributed by atoms with Gasteiger partial charge < -0.3 is 4.74 Å². The molecule has 198 valence electrons. The molecule has 0 fully saturated rings. The van der Waals surface area contributed by atoms with Gasteiger partial charge in [-0.05, 0) is 49.8 Å². The molecule has 0 saturated carbocycles. The molecule has 0 saturated heterocycles. The van der Waals surface area contributed by atoms with Crippen LogP contribution in [-0.2, 0) is 16.0 Å². The third-order valence-corrected chi connectivity index (χ3v) is 6.64. The number of carbonyl (C=O) groups is 1. The monoisotopic (exact) mass is 492 g/mol.